The Morgan fingerprint density at radius 1 is 1.05 bits per heavy atom. The van der Waals surface area contributed by atoms with Crippen LogP contribution in [0.5, 0.6) is 0 Å². The Morgan fingerprint density at radius 3 is 2.30 bits per heavy atom. The Morgan fingerprint density at radius 2 is 1.70 bits per heavy atom. The van der Waals surface area contributed by atoms with E-state index in [0.29, 0.717) is 0 Å². The van der Waals surface area contributed by atoms with Crippen molar-refractivity contribution < 1.29 is 0 Å². The highest BCUT2D eigenvalue weighted by Crippen LogP contribution is 2.61. The van der Waals surface area contributed by atoms with Gasteiger partial charge in [-0.15, -0.1) is 11.8 Å². The number of rotatable bonds is 4. The van der Waals surface area contributed by atoms with Crippen LogP contribution in [0.15, 0.2) is 29.2 Å². The number of anilines is 1. The zero-order chi connectivity index (χ0) is 13.6. The van der Waals surface area contributed by atoms with Crippen LogP contribution in [0.25, 0.3) is 0 Å². The van der Waals surface area contributed by atoms with Gasteiger partial charge < -0.3 is 5.73 Å². The van der Waals surface area contributed by atoms with Crippen molar-refractivity contribution in [3.63, 3.8) is 0 Å². The highest BCUT2D eigenvalue weighted by molar-refractivity contribution is 7.99. The predicted octanol–water partition coefficient (Wildman–Crippen LogP) is 4.97. The molecule has 0 aliphatic heterocycles. The standard InChI is InChI=1S/C18H25NS/c19-16-2-1-3-17(9-16)20-5-4-18-10-13-6-14(11-18)8-15(7-13)12-18/h1-3,9,13-15H,4-8,10-12,19H2. The number of benzene rings is 1. The van der Waals surface area contributed by atoms with Gasteiger partial charge in [0.2, 0.25) is 0 Å². The third-order valence-corrected chi connectivity index (χ3v) is 6.92. The molecule has 2 heteroatoms. The summed E-state index contributed by atoms with van der Waals surface area (Å²) in [5.41, 5.74) is 7.48. The van der Waals surface area contributed by atoms with Crippen LogP contribution in [0.3, 0.4) is 0 Å². The lowest BCUT2D eigenvalue weighted by Gasteiger charge is -2.57. The van der Waals surface area contributed by atoms with E-state index < -0.39 is 0 Å². The molecule has 0 saturated heterocycles. The summed E-state index contributed by atoms with van der Waals surface area (Å²) in [5.74, 6) is 4.52. The van der Waals surface area contributed by atoms with Crippen LogP contribution in [-0.2, 0) is 0 Å². The molecule has 2 N–H and O–H groups in total. The van der Waals surface area contributed by atoms with E-state index >= 15 is 0 Å². The Kier molecular flexibility index (Phi) is 3.25. The molecule has 4 saturated carbocycles. The van der Waals surface area contributed by atoms with Crippen molar-refractivity contribution in [1.29, 1.82) is 0 Å². The first-order chi connectivity index (χ1) is 9.71. The van der Waals surface area contributed by atoms with Gasteiger partial charge >= 0.3 is 0 Å². The second-order valence-electron chi connectivity index (χ2n) is 7.59. The molecule has 4 aliphatic carbocycles. The maximum atomic E-state index is 5.86. The van der Waals surface area contributed by atoms with Crippen LogP contribution in [0.1, 0.15) is 44.9 Å². The maximum Gasteiger partial charge on any atom is 0.0325 e. The van der Waals surface area contributed by atoms with Gasteiger partial charge in [0.25, 0.3) is 0 Å². The van der Waals surface area contributed by atoms with E-state index in [1.165, 1.54) is 36.3 Å². The van der Waals surface area contributed by atoms with Crippen molar-refractivity contribution in [3.8, 4) is 0 Å². The Labute approximate surface area is 126 Å². The van der Waals surface area contributed by atoms with E-state index in [1.807, 2.05) is 17.8 Å². The van der Waals surface area contributed by atoms with Crippen LogP contribution in [-0.4, -0.2) is 5.75 Å². The first-order valence-electron chi connectivity index (χ1n) is 8.19. The van der Waals surface area contributed by atoms with E-state index in [4.69, 9.17) is 5.73 Å². The molecule has 4 bridgehead atoms. The summed E-state index contributed by atoms with van der Waals surface area (Å²) in [6, 6.07) is 8.36. The number of thioether (sulfide) groups is 1. The highest BCUT2D eigenvalue weighted by atomic mass is 32.2. The second kappa shape index (κ2) is 4.98. The second-order valence-corrected chi connectivity index (χ2v) is 8.76. The molecule has 1 aromatic carbocycles. The minimum atomic E-state index is 0.724. The van der Waals surface area contributed by atoms with Gasteiger partial charge in [-0.25, -0.2) is 0 Å². The van der Waals surface area contributed by atoms with E-state index in [-0.39, 0.29) is 0 Å². The quantitative estimate of drug-likeness (QED) is 0.625. The summed E-state index contributed by atoms with van der Waals surface area (Å²) in [6.45, 7) is 0. The lowest BCUT2D eigenvalue weighted by molar-refractivity contribution is -0.0538. The fourth-order valence-corrected chi connectivity index (χ4v) is 6.75. The predicted molar refractivity (Wildman–Crippen MR) is 86.8 cm³/mol. The Hall–Kier alpha value is -0.630. The fraction of sp³-hybridized carbons (Fsp3) is 0.667. The normalized spacial score (nSPS) is 38.3. The fourth-order valence-electron chi connectivity index (χ4n) is 5.59. The van der Waals surface area contributed by atoms with Crippen molar-refractivity contribution in [3.05, 3.63) is 24.3 Å². The van der Waals surface area contributed by atoms with Gasteiger partial charge in [-0.2, -0.15) is 0 Å². The smallest absolute Gasteiger partial charge is 0.0325 e. The molecular formula is C18H25NS. The Balaban J connectivity index is 1.37. The minimum absolute atomic E-state index is 0.724. The first kappa shape index (κ1) is 13.1. The van der Waals surface area contributed by atoms with Crippen LogP contribution in [0.2, 0.25) is 0 Å². The molecule has 1 nitrogen and oxygen atoms in total. The number of hydrogen-bond acceptors (Lipinski definition) is 2. The minimum Gasteiger partial charge on any atom is -0.399 e. The molecule has 0 aromatic heterocycles. The third kappa shape index (κ3) is 2.47. The zero-order valence-electron chi connectivity index (χ0n) is 12.2. The van der Waals surface area contributed by atoms with Crippen molar-refractivity contribution in [2.75, 3.05) is 11.5 Å². The van der Waals surface area contributed by atoms with Crippen LogP contribution in [0, 0.1) is 23.2 Å². The van der Waals surface area contributed by atoms with Gasteiger partial charge in [0.1, 0.15) is 0 Å². The van der Waals surface area contributed by atoms with E-state index in [0.717, 1.165) is 28.9 Å². The summed E-state index contributed by atoms with van der Waals surface area (Å²) >= 11 is 2.00. The van der Waals surface area contributed by atoms with Crippen molar-refractivity contribution >= 4 is 17.4 Å². The molecule has 5 rings (SSSR count). The summed E-state index contributed by atoms with van der Waals surface area (Å²) in [6.07, 6.45) is 10.7. The van der Waals surface area contributed by atoms with Gasteiger partial charge in [-0.3, -0.25) is 0 Å². The topological polar surface area (TPSA) is 26.0 Å². The molecule has 0 unspecified atom stereocenters. The van der Waals surface area contributed by atoms with Crippen LogP contribution in [0.4, 0.5) is 5.69 Å². The van der Waals surface area contributed by atoms with Gasteiger partial charge in [0.15, 0.2) is 0 Å². The molecule has 1 aromatic rings. The molecule has 0 amide bonds. The molecule has 20 heavy (non-hydrogen) atoms. The van der Waals surface area contributed by atoms with E-state index in [2.05, 4.69) is 18.2 Å². The van der Waals surface area contributed by atoms with Crippen molar-refractivity contribution in [1.82, 2.24) is 0 Å². The Bertz CT molecular complexity index is 461. The summed E-state index contributed by atoms with van der Waals surface area (Å²) < 4.78 is 0. The SMILES string of the molecule is Nc1cccc(SCCC23CC4CC(CC(C4)C2)C3)c1. The van der Waals surface area contributed by atoms with Gasteiger partial charge in [0.05, 0.1) is 0 Å². The van der Waals surface area contributed by atoms with Gasteiger partial charge in [-0.05, 0) is 92.1 Å². The number of hydrogen-bond donors (Lipinski definition) is 1. The molecule has 0 atom stereocenters. The molecule has 0 heterocycles. The zero-order valence-corrected chi connectivity index (χ0v) is 13.0. The van der Waals surface area contributed by atoms with Crippen molar-refractivity contribution in [2.45, 2.75) is 49.8 Å². The first-order valence-corrected chi connectivity index (χ1v) is 9.18. The number of nitrogen functional groups attached to an aromatic ring is 1. The van der Waals surface area contributed by atoms with E-state index in [1.54, 1.807) is 19.3 Å². The van der Waals surface area contributed by atoms with Gasteiger partial charge in [-0.1, -0.05) is 6.07 Å². The average Bonchev–Trinajstić information content (AvgIpc) is 2.36. The molecule has 0 radical (unpaired) electrons. The van der Waals surface area contributed by atoms with Crippen LogP contribution < -0.4 is 5.73 Å². The lowest BCUT2D eigenvalue weighted by atomic mass is 9.49. The molecule has 4 aliphatic rings. The van der Waals surface area contributed by atoms with E-state index in [9.17, 15) is 0 Å². The van der Waals surface area contributed by atoms with Gasteiger partial charge in [0, 0.05) is 10.6 Å². The maximum absolute atomic E-state index is 5.86. The third-order valence-electron chi connectivity index (χ3n) is 5.92. The summed E-state index contributed by atoms with van der Waals surface area (Å²) in [4.78, 5) is 1.34. The number of nitrogens with two attached hydrogens (primary N) is 1. The highest BCUT2D eigenvalue weighted by Gasteiger charge is 2.50. The monoisotopic (exact) mass is 287 g/mol. The van der Waals surface area contributed by atoms with Crippen LogP contribution >= 0.6 is 11.8 Å². The lowest BCUT2D eigenvalue weighted by Crippen LogP contribution is -2.46. The average molecular weight is 287 g/mol. The van der Waals surface area contributed by atoms with Crippen molar-refractivity contribution in [2.24, 2.45) is 23.2 Å². The molecule has 0 spiro atoms. The largest absolute Gasteiger partial charge is 0.399 e. The molecule has 4 fully saturated rings. The molecule has 108 valence electrons. The summed E-state index contributed by atoms with van der Waals surface area (Å²) in [5, 5.41) is 0. The molecular weight excluding hydrogens is 262 g/mol. The summed E-state index contributed by atoms with van der Waals surface area (Å²) in [7, 11) is 0.